The minimum absolute atomic E-state index is 0.249. The molecule has 8 heterocycles. The van der Waals surface area contributed by atoms with Crippen molar-refractivity contribution in [3.05, 3.63) is 103 Å². The van der Waals surface area contributed by atoms with Gasteiger partial charge in [0.15, 0.2) is 0 Å². The first-order valence-corrected chi connectivity index (χ1v) is 45.7. The van der Waals surface area contributed by atoms with Crippen molar-refractivity contribution in [3.63, 3.8) is 0 Å². The van der Waals surface area contributed by atoms with Gasteiger partial charge >= 0.3 is 0 Å². The average molecular weight is 1520 g/mol. The van der Waals surface area contributed by atoms with Crippen LogP contribution in [0.2, 0.25) is 0 Å². The first-order chi connectivity index (χ1) is 49.7. The van der Waals surface area contributed by atoms with E-state index in [0.717, 1.165) is 114 Å². The normalized spacial score (nSPS) is 19.2. The van der Waals surface area contributed by atoms with E-state index in [2.05, 4.69) is 146 Å². The molecule has 102 heavy (non-hydrogen) atoms. The molecule has 2 aliphatic carbocycles. The Kier molecular flexibility index (Phi) is 28.2. The quantitative estimate of drug-likeness (QED) is 0.0286. The Morgan fingerprint density at radius 3 is 1.10 bits per heavy atom. The summed E-state index contributed by atoms with van der Waals surface area (Å²) in [6.07, 6.45) is 37.1. The van der Waals surface area contributed by atoms with E-state index < -0.39 is 0 Å². The van der Waals surface area contributed by atoms with Crippen molar-refractivity contribution < 1.29 is 0 Å². The first-order valence-electron chi connectivity index (χ1n) is 40.0. The number of anilines is 2. The lowest BCUT2D eigenvalue weighted by atomic mass is 9.63. The SMILES string of the molecule is CCCCC(CC)CC1(CC(CC)CCCC)c2cc3c(cc2-c2sc(C4=CN=C(c5cc6sc(N(CCCC)CCCC)cc6s5)C(=NS)C4=N)cc21)C(CC(CC)CCCC)(CC(CC)CCCC)c1cc(C2=CN=C(c4cc5sc(N(CCCC)CCCC)cc5s4)C(=N)C2=NS)sc1-3. The van der Waals surface area contributed by atoms with Crippen molar-refractivity contribution in [1.29, 1.82) is 10.8 Å². The summed E-state index contributed by atoms with van der Waals surface area (Å²) in [6, 6.07) is 20.1. The molecular weight excluding hydrogens is 1400 g/mol. The van der Waals surface area contributed by atoms with Crippen LogP contribution in [0.4, 0.5) is 10.0 Å². The van der Waals surface area contributed by atoms with E-state index in [9.17, 15) is 10.8 Å². The zero-order valence-corrected chi connectivity index (χ0v) is 70.4. The van der Waals surface area contributed by atoms with Crippen molar-refractivity contribution in [3.8, 4) is 20.9 Å². The van der Waals surface area contributed by atoms with E-state index in [4.69, 9.17) is 40.0 Å². The van der Waals surface area contributed by atoms with Crippen LogP contribution in [0, 0.1) is 34.5 Å². The lowest BCUT2D eigenvalue weighted by molar-refractivity contribution is 0.264. The standard InChI is InChI=1S/C86H118N8S8/c1-13-25-33-55(21-9)49-85(50-56(22-10)34-26-14-2)63-42-60-64(41-59(63)83-65(85)43-67(101-83)61-53-90-81(82(92-96)77(61)87)74-46-70-72(98-74)48-76(100-70)94(39-31-19-7)40-32-20-8)86(51-57(23-11)35-27-15-3,52-58(24-12)36-28-16-4)66-44-68(102-84(60)66)62-54-89-80(78(88)79(62)91-95)73-45-69-71(97-73)47-75(99-69)93(37-29-17-5)38-30-18-6/h41-48,53-58,87-88,95-96H,13-40,49-52H2,1-12H3. The van der Waals surface area contributed by atoms with Crippen molar-refractivity contribution in [2.75, 3.05) is 36.0 Å². The van der Waals surface area contributed by atoms with Gasteiger partial charge in [0.1, 0.15) is 28.6 Å². The summed E-state index contributed by atoms with van der Waals surface area (Å²) in [5, 5.41) is 23.0. The Bertz CT molecular complexity index is 4100. The molecule has 0 amide bonds. The number of hydrogen-bond acceptors (Lipinski definition) is 16. The maximum absolute atomic E-state index is 10.2. The number of thiophene rings is 6. The molecule has 550 valence electrons. The largest absolute Gasteiger partial charge is 0.363 e. The van der Waals surface area contributed by atoms with Crippen LogP contribution >= 0.6 is 93.7 Å². The minimum atomic E-state index is -0.251. The van der Waals surface area contributed by atoms with Crippen LogP contribution in [0.25, 0.3) is 50.8 Å². The number of nitrogens with one attached hydrogen (secondary N) is 2. The molecule has 0 radical (unpaired) electrons. The lowest BCUT2D eigenvalue weighted by Gasteiger charge is -2.40. The number of thiol groups is 2. The highest BCUT2D eigenvalue weighted by atomic mass is 32.1. The van der Waals surface area contributed by atoms with Gasteiger partial charge in [0, 0.05) is 98.9 Å². The second kappa shape index (κ2) is 36.6. The fourth-order valence-electron chi connectivity index (χ4n) is 17.2. The van der Waals surface area contributed by atoms with Crippen LogP contribution in [0.3, 0.4) is 0 Å². The molecule has 0 spiro atoms. The third-order valence-electron chi connectivity index (χ3n) is 23.3. The average Bonchev–Trinajstić information content (AvgIpc) is 1.51. The third-order valence-corrected chi connectivity index (χ3v) is 30.9. The Labute approximate surface area is 648 Å². The zero-order valence-electron chi connectivity index (χ0n) is 63.7. The number of aliphatic imine (C=N–C) groups is 2. The van der Waals surface area contributed by atoms with E-state index in [-0.39, 0.29) is 10.8 Å². The summed E-state index contributed by atoms with van der Waals surface area (Å²) in [4.78, 5) is 22.9. The van der Waals surface area contributed by atoms with Gasteiger partial charge in [-0.3, -0.25) is 20.8 Å². The first kappa shape index (κ1) is 78.8. The van der Waals surface area contributed by atoms with Gasteiger partial charge in [0.2, 0.25) is 0 Å². The second-order valence-corrected chi connectivity index (χ2v) is 37.0. The molecule has 11 rings (SSSR count). The molecule has 4 aliphatic rings. The molecule has 7 aromatic rings. The molecule has 0 bridgehead atoms. The number of allylic oxidation sites excluding steroid dienone is 2. The van der Waals surface area contributed by atoms with Crippen LogP contribution in [0.5, 0.6) is 0 Å². The summed E-state index contributed by atoms with van der Waals surface area (Å²) in [7, 11) is 0. The summed E-state index contributed by atoms with van der Waals surface area (Å²) in [5.41, 5.74) is 13.5. The number of benzene rings is 1. The van der Waals surface area contributed by atoms with Crippen molar-refractivity contribution in [1.82, 2.24) is 0 Å². The Morgan fingerprint density at radius 1 is 0.382 bits per heavy atom. The van der Waals surface area contributed by atoms with Gasteiger partial charge in [-0.25, -0.2) is 8.80 Å². The van der Waals surface area contributed by atoms with Crippen LogP contribution in [-0.4, -0.2) is 60.4 Å². The van der Waals surface area contributed by atoms with Crippen molar-refractivity contribution in [2.45, 2.75) is 274 Å². The highest BCUT2D eigenvalue weighted by molar-refractivity contribution is 7.79. The molecule has 16 heteroatoms. The fourth-order valence-corrected chi connectivity index (χ4v) is 25.1. The van der Waals surface area contributed by atoms with E-state index >= 15 is 0 Å². The smallest absolute Gasteiger partial charge is 0.124 e. The number of unbranched alkanes of at least 4 members (excludes halogenated alkanes) is 8. The lowest BCUT2D eigenvalue weighted by Crippen LogP contribution is -2.33. The van der Waals surface area contributed by atoms with Gasteiger partial charge in [-0.2, -0.15) is 0 Å². The van der Waals surface area contributed by atoms with Gasteiger partial charge in [-0.15, -0.1) is 68.0 Å². The topological polar surface area (TPSA) is 104 Å². The molecule has 4 atom stereocenters. The molecule has 0 saturated carbocycles. The van der Waals surface area contributed by atoms with Gasteiger partial charge in [0.05, 0.1) is 25.5 Å². The summed E-state index contributed by atoms with van der Waals surface area (Å²) in [5.74, 6) is 2.19. The van der Waals surface area contributed by atoms with Gasteiger partial charge in [-0.05, 0) is 183 Å². The number of nitrogens with zero attached hydrogens (tertiary/aromatic N) is 6. The minimum Gasteiger partial charge on any atom is -0.363 e. The fraction of sp³-hybridized carbons (Fsp3) is 0.581. The number of fused-ring (bicyclic) bond motifs is 8. The summed E-state index contributed by atoms with van der Waals surface area (Å²) >= 11 is 20.6. The summed E-state index contributed by atoms with van der Waals surface area (Å²) < 4.78 is 14.5. The molecule has 6 aromatic heterocycles. The Morgan fingerprint density at radius 2 is 0.735 bits per heavy atom. The predicted octanol–water partition coefficient (Wildman–Crippen LogP) is 28.4. The van der Waals surface area contributed by atoms with Crippen molar-refractivity contribution in [2.24, 2.45) is 42.5 Å². The molecular formula is C86H118N8S8. The van der Waals surface area contributed by atoms with E-state index in [0.29, 0.717) is 52.2 Å². The number of hydrogen-bond donors (Lipinski definition) is 4. The van der Waals surface area contributed by atoms with Crippen LogP contribution < -0.4 is 9.80 Å². The van der Waals surface area contributed by atoms with E-state index in [1.54, 1.807) is 22.7 Å². The number of rotatable bonds is 42. The van der Waals surface area contributed by atoms with Crippen LogP contribution in [0.1, 0.15) is 305 Å². The third kappa shape index (κ3) is 16.3. The summed E-state index contributed by atoms with van der Waals surface area (Å²) in [6.45, 7) is 32.8. The molecule has 4 unspecified atom stereocenters. The molecule has 0 fully saturated rings. The van der Waals surface area contributed by atoms with E-state index in [1.165, 1.54) is 200 Å². The highest BCUT2D eigenvalue weighted by Gasteiger charge is 2.52. The Hall–Kier alpha value is -4.26. The monoisotopic (exact) mass is 1520 g/mol. The van der Waals surface area contributed by atoms with Gasteiger partial charge in [0.25, 0.3) is 0 Å². The van der Waals surface area contributed by atoms with Crippen LogP contribution in [-0.2, 0) is 10.8 Å². The zero-order chi connectivity index (χ0) is 72.2. The molecule has 2 N–H and O–H groups in total. The maximum Gasteiger partial charge on any atom is 0.124 e. The predicted molar refractivity (Wildman–Crippen MR) is 467 cm³/mol. The molecule has 8 nitrogen and oxygen atoms in total. The maximum atomic E-state index is 10.2. The van der Waals surface area contributed by atoms with Gasteiger partial charge in [-0.1, -0.05) is 212 Å². The van der Waals surface area contributed by atoms with Crippen LogP contribution in [0.15, 0.2) is 79.7 Å². The molecule has 0 saturated heterocycles. The highest BCUT2D eigenvalue weighted by Crippen LogP contribution is 2.66. The molecule has 2 aliphatic heterocycles. The van der Waals surface area contributed by atoms with Crippen molar-refractivity contribution >= 4 is 168 Å². The van der Waals surface area contributed by atoms with Gasteiger partial charge < -0.3 is 9.80 Å². The van der Waals surface area contributed by atoms with E-state index in [1.807, 2.05) is 57.7 Å². The Balaban J connectivity index is 1.09. The molecule has 1 aromatic carbocycles. The second-order valence-electron chi connectivity index (χ2n) is 30.2.